The first-order chi connectivity index (χ1) is 13.3. The lowest BCUT2D eigenvalue weighted by Gasteiger charge is -2.20. The molecule has 2 aromatic carbocycles. The zero-order chi connectivity index (χ0) is 20.1. The van der Waals surface area contributed by atoms with Crippen molar-refractivity contribution in [2.24, 2.45) is 0 Å². The summed E-state index contributed by atoms with van der Waals surface area (Å²) in [7, 11) is 0. The fraction of sp³-hybridized carbons (Fsp3) is 0.318. The number of nitrogens with zero attached hydrogens (tertiary/aromatic N) is 2. The van der Waals surface area contributed by atoms with E-state index in [4.69, 9.17) is 4.98 Å². The molecule has 0 saturated heterocycles. The Balaban J connectivity index is 1.69. The summed E-state index contributed by atoms with van der Waals surface area (Å²) in [4.78, 5) is 28.8. The molecule has 2 N–H and O–H groups in total. The van der Waals surface area contributed by atoms with Crippen molar-refractivity contribution in [3.05, 3.63) is 60.4 Å². The Bertz CT molecular complexity index is 971. The topological polar surface area (TPSA) is 76.0 Å². The van der Waals surface area contributed by atoms with E-state index in [-0.39, 0.29) is 30.3 Å². The third-order valence-electron chi connectivity index (χ3n) is 4.18. The molecule has 0 saturated carbocycles. The van der Waals surface area contributed by atoms with Crippen molar-refractivity contribution in [1.29, 1.82) is 0 Å². The van der Waals surface area contributed by atoms with Gasteiger partial charge in [0.25, 0.3) is 0 Å². The standard InChI is InChI=1S/C22H26N4O2/c1-22(2,3)25-21(28)15-23-20(27)14-13-19-24-17-11-7-8-12-18(17)26(19)16-9-5-4-6-10-16/h4-12H,13-15H2,1-3H3,(H,23,27)(H,25,28). The van der Waals surface area contributed by atoms with Crippen LogP contribution in [-0.4, -0.2) is 33.4 Å². The number of nitrogens with one attached hydrogen (secondary N) is 2. The van der Waals surface area contributed by atoms with E-state index in [1.54, 1.807) is 0 Å². The highest BCUT2D eigenvalue weighted by molar-refractivity contribution is 5.85. The molecule has 1 heterocycles. The number of carbonyl (C=O) groups excluding carboxylic acids is 2. The van der Waals surface area contributed by atoms with E-state index in [9.17, 15) is 9.59 Å². The number of aryl methyl sites for hydroxylation is 1. The highest BCUT2D eigenvalue weighted by Crippen LogP contribution is 2.22. The van der Waals surface area contributed by atoms with Crippen LogP contribution in [-0.2, 0) is 16.0 Å². The van der Waals surface area contributed by atoms with E-state index in [0.717, 1.165) is 22.5 Å². The van der Waals surface area contributed by atoms with Crippen molar-refractivity contribution in [3.8, 4) is 5.69 Å². The Morgan fingerprint density at radius 1 is 0.964 bits per heavy atom. The van der Waals surface area contributed by atoms with E-state index in [2.05, 4.69) is 15.2 Å². The van der Waals surface area contributed by atoms with Crippen LogP contribution in [0.3, 0.4) is 0 Å². The first kappa shape index (κ1) is 19.6. The van der Waals surface area contributed by atoms with Gasteiger partial charge in [-0.15, -0.1) is 0 Å². The summed E-state index contributed by atoms with van der Waals surface area (Å²) >= 11 is 0. The molecule has 0 bridgehead atoms. The molecule has 28 heavy (non-hydrogen) atoms. The molecule has 3 rings (SSSR count). The minimum Gasteiger partial charge on any atom is -0.350 e. The van der Waals surface area contributed by atoms with Crippen LogP contribution in [0.5, 0.6) is 0 Å². The summed E-state index contributed by atoms with van der Waals surface area (Å²) in [5, 5.41) is 5.51. The summed E-state index contributed by atoms with van der Waals surface area (Å²) < 4.78 is 2.08. The van der Waals surface area contributed by atoms with E-state index >= 15 is 0 Å². The van der Waals surface area contributed by atoms with Gasteiger partial charge in [-0.25, -0.2) is 4.98 Å². The first-order valence-electron chi connectivity index (χ1n) is 9.43. The predicted molar refractivity (Wildman–Crippen MR) is 110 cm³/mol. The summed E-state index contributed by atoms with van der Waals surface area (Å²) in [6, 6.07) is 17.9. The molecule has 146 valence electrons. The number of amides is 2. The average Bonchev–Trinajstić information content (AvgIpc) is 3.02. The van der Waals surface area contributed by atoms with Crippen LogP contribution < -0.4 is 10.6 Å². The Morgan fingerprint density at radius 3 is 2.36 bits per heavy atom. The maximum absolute atomic E-state index is 12.2. The van der Waals surface area contributed by atoms with Crippen LogP contribution >= 0.6 is 0 Å². The van der Waals surface area contributed by atoms with Gasteiger partial charge in [-0.3, -0.25) is 14.2 Å². The van der Waals surface area contributed by atoms with Gasteiger partial charge in [0.2, 0.25) is 11.8 Å². The lowest BCUT2D eigenvalue weighted by atomic mass is 10.1. The van der Waals surface area contributed by atoms with Gasteiger partial charge in [-0.05, 0) is 45.0 Å². The Labute approximate surface area is 165 Å². The molecular formula is C22H26N4O2. The molecule has 2 amide bonds. The van der Waals surface area contributed by atoms with Gasteiger partial charge in [-0.2, -0.15) is 0 Å². The smallest absolute Gasteiger partial charge is 0.239 e. The summed E-state index contributed by atoms with van der Waals surface area (Å²) in [6.07, 6.45) is 0.745. The fourth-order valence-corrected chi connectivity index (χ4v) is 3.06. The Morgan fingerprint density at radius 2 is 1.64 bits per heavy atom. The molecule has 3 aromatic rings. The highest BCUT2D eigenvalue weighted by Gasteiger charge is 2.16. The quantitative estimate of drug-likeness (QED) is 0.692. The summed E-state index contributed by atoms with van der Waals surface area (Å²) in [5.74, 6) is 0.454. The van der Waals surface area contributed by atoms with Gasteiger partial charge >= 0.3 is 0 Å². The second kappa shape index (κ2) is 8.25. The number of imidazole rings is 1. The number of fused-ring (bicyclic) bond motifs is 1. The first-order valence-corrected chi connectivity index (χ1v) is 9.43. The van der Waals surface area contributed by atoms with Crippen LogP contribution in [0.25, 0.3) is 16.7 Å². The maximum Gasteiger partial charge on any atom is 0.239 e. The van der Waals surface area contributed by atoms with E-state index in [0.29, 0.717) is 6.42 Å². The molecule has 0 aliphatic rings. The van der Waals surface area contributed by atoms with Crippen molar-refractivity contribution in [2.75, 3.05) is 6.54 Å². The lowest BCUT2D eigenvalue weighted by molar-refractivity contribution is -0.126. The predicted octanol–water partition coefficient (Wildman–Crippen LogP) is 2.99. The van der Waals surface area contributed by atoms with Crippen molar-refractivity contribution in [1.82, 2.24) is 20.2 Å². The van der Waals surface area contributed by atoms with Crippen molar-refractivity contribution < 1.29 is 9.59 Å². The number of hydrogen-bond donors (Lipinski definition) is 2. The molecule has 1 aromatic heterocycles. The molecule has 0 radical (unpaired) electrons. The third kappa shape index (κ3) is 4.97. The number of aromatic nitrogens is 2. The minimum atomic E-state index is -0.317. The van der Waals surface area contributed by atoms with Crippen molar-refractivity contribution >= 4 is 22.8 Å². The maximum atomic E-state index is 12.2. The number of rotatable bonds is 6. The van der Waals surface area contributed by atoms with Gasteiger partial charge < -0.3 is 10.6 Å². The van der Waals surface area contributed by atoms with Crippen LogP contribution in [0.4, 0.5) is 0 Å². The Hall–Kier alpha value is -3.15. The van der Waals surface area contributed by atoms with Crippen LogP contribution in [0.1, 0.15) is 33.0 Å². The number of carbonyl (C=O) groups is 2. The highest BCUT2D eigenvalue weighted by atomic mass is 16.2. The van der Waals surface area contributed by atoms with Crippen LogP contribution in [0, 0.1) is 0 Å². The molecule has 0 aliphatic carbocycles. The zero-order valence-electron chi connectivity index (χ0n) is 16.5. The summed E-state index contributed by atoms with van der Waals surface area (Å²) in [5.41, 5.74) is 2.60. The number of benzene rings is 2. The second-order valence-electron chi connectivity index (χ2n) is 7.76. The van der Waals surface area contributed by atoms with Crippen molar-refractivity contribution in [3.63, 3.8) is 0 Å². The molecule has 0 spiro atoms. The lowest BCUT2D eigenvalue weighted by Crippen LogP contribution is -2.45. The van der Waals surface area contributed by atoms with Crippen LogP contribution in [0.2, 0.25) is 0 Å². The number of hydrogen-bond acceptors (Lipinski definition) is 3. The summed E-state index contributed by atoms with van der Waals surface area (Å²) in [6.45, 7) is 5.69. The molecule has 0 aliphatic heterocycles. The zero-order valence-corrected chi connectivity index (χ0v) is 16.5. The van der Waals surface area contributed by atoms with Gasteiger partial charge in [0.1, 0.15) is 5.82 Å². The van der Waals surface area contributed by atoms with E-state index < -0.39 is 0 Å². The number of para-hydroxylation sites is 3. The van der Waals surface area contributed by atoms with Gasteiger partial charge in [0, 0.05) is 24.1 Å². The van der Waals surface area contributed by atoms with E-state index in [1.807, 2.05) is 75.4 Å². The third-order valence-corrected chi connectivity index (χ3v) is 4.18. The SMILES string of the molecule is CC(C)(C)NC(=O)CNC(=O)CCc1nc2ccccc2n1-c1ccccc1. The minimum absolute atomic E-state index is 0.0226. The fourth-order valence-electron chi connectivity index (χ4n) is 3.06. The average molecular weight is 378 g/mol. The molecule has 0 unspecified atom stereocenters. The van der Waals surface area contributed by atoms with Crippen molar-refractivity contribution in [2.45, 2.75) is 39.2 Å². The van der Waals surface area contributed by atoms with Gasteiger partial charge in [0.15, 0.2) is 0 Å². The van der Waals surface area contributed by atoms with Crippen LogP contribution in [0.15, 0.2) is 54.6 Å². The largest absolute Gasteiger partial charge is 0.350 e. The normalized spacial score (nSPS) is 11.4. The van der Waals surface area contributed by atoms with Gasteiger partial charge in [-0.1, -0.05) is 30.3 Å². The monoisotopic (exact) mass is 378 g/mol. The molecule has 6 nitrogen and oxygen atoms in total. The molecule has 0 fully saturated rings. The molecular weight excluding hydrogens is 352 g/mol. The second-order valence-corrected chi connectivity index (χ2v) is 7.76. The van der Waals surface area contributed by atoms with E-state index in [1.165, 1.54) is 0 Å². The molecule has 6 heteroatoms. The molecule has 0 atom stereocenters. The van der Waals surface area contributed by atoms with Gasteiger partial charge in [0.05, 0.1) is 17.6 Å². The Kier molecular flexibility index (Phi) is 5.78.